The molecule has 3 aromatic rings. The number of methoxy groups -OCH3 is 1. The molecule has 0 aliphatic heterocycles. The van der Waals surface area contributed by atoms with Crippen LogP contribution in [0.2, 0.25) is 5.02 Å². The smallest absolute Gasteiger partial charge is 0.269 e. The SMILES string of the molecule is COc1cc(C=C(C#N)c2ccccc2Cl)ccc1OCc1cccc([N+](=O)[O-])c1. The van der Waals surface area contributed by atoms with Gasteiger partial charge in [-0.25, -0.2) is 0 Å². The molecule has 0 aromatic heterocycles. The fourth-order valence-corrected chi connectivity index (χ4v) is 3.07. The molecular formula is C23H17ClN2O4. The van der Waals surface area contributed by atoms with Crippen LogP contribution in [0.5, 0.6) is 11.5 Å². The van der Waals surface area contributed by atoms with E-state index in [4.69, 9.17) is 21.1 Å². The molecule has 30 heavy (non-hydrogen) atoms. The molecule has 6 nitrogen and oxygen atoms in total. The Hall–Kier alpha value is -3.82. The number of nitro benzene ring substituents is 1. The fraction of sp³-hybridized carbons (Fsp3) is 0.0870. The second-order valence-electron chi connectivity index (χ2n) is 6.28. The van der Waals surface area contributed by atoms with E-state index in [-0.39, 0.29) is 12.3 Å². The minimum Gasteiger partial charge on any atom is -0.493 e. The average molecular weight is 421 g/mol. The monoisotopic (exact) mass is 420 g/mol. The Morgan fingerprint density at radius 2 is 1.93 bits per heavy atom. The molecule has 0 spiro atoms. The van der Waals surface area contributed by atoms with Crippen LogP contribution in [0, 0.1) is 21.4 Å². The number of nitriles is 1. The minimum atomic E-state index is -0.447. The highest BCUT2D eigenvalue weighted by Crippen LogP contribution is 2.31. The summed E-state index contributed by atoms with van der Waals surface area (Å²) in [6, 6.07) is 20.8. The van der Waals surface area contributed by atoms with Crippen molar-refractivity contribution in [1.29, 1.82) is 5.26 Å². The number of nitrogens with zero attached hydrogens (tertiary/aromatic N) is 2. The van der Waals surface area contributed by atoms with Gasteiger partial charge in [0, 0.05) is 22.7 Å². The van der Waals surface area contributed by atoms with E-state index >= 15 is 0 Å². The summed E-state index contributed by atoms with van der Waals surface area (Å²) < 4.78 is 11.2. The zero-order chi connectivity index (χ0) is 21.5. The molecule has 0 bridgehead atoms. The Labute approximate surface area is 178 Å². The average Bonchev–Trinajstić information content (AvgIpc) is 2.77. The number of rotatable bonds is 7. The zero-order valence-corrected chi connectivity index (χ0v) is 16.8. The standard InChI is InChI=1S/C23H17ClN2O4/c1-29-23-13-16(11-18(14-25)20-7-2-3-8-21(20)24)9-10-22(23)30-15-17-5-4-6-19(12-17)26(27)28/h2-13H,15H2,1H3. The van der Waals surface area contributed by atoms with Crippen molar-refractivity contribution >= 4 is 28.9 Å². The lowest BCUT2D eigenvalue weighted by Crippen LogP contribution is -1.99. The molecule has 0 saturated heterocycles. The summed E-state index contributed by atoms with van der Waals surface area (Å²) in [7, 11) is 1.52. The van der Waals surface area contributed by atoms with Crippen molar-refractivity contribution in [3.05, 3.63) is 98.6 Å². The van der Waals surface area contributed by atoms with Crippen molar-refractivity contribution in [3.63, 3.8) is 0 Å². The topological polar surface area (TPSA) is 85.4 Å². The summed E-state index contributed by atoms with van der Waals surface area (Å²) >= 11 is 6.20. The van der Waals surface area contributed by atoms with Crippen molar-refractivity contribution < 1.29 is 14.4 Å². The lowest BCUT2D eigenvalue weighted by Gasteiger charge is -2.12. The third-order valence-corrected chi connectivity index (χ3v) is 4.63. The number of benzene rings is 3. The normalized spacial score (nSPS) is 10.9. The minimum absolute atomic E-state index is 0.00663. The molecular weight excluding hydrogens is 404 g/mol. The van der Waals surface area contributed by atoms with E-state index in [2.05, 4.69) is 6.07 Å². The molecule has 0 atom stereocenters. The summed E-state index contributed by atoms with van der Waals surface area (Å²) in [5, 5.41) is 20.9. The summed E-state index contributed by atoms with van der Waals surface area (Å²) in [5.41, 5.74) is 2.48. The number of halogens is 1. The number of nitro groups is 1. The molecule has 3 aromatic carbocycles. The molecule has 0 fully saturated rings. The third kappa shape index (κ3) is 4.96. The molecule has 0 saturated carbocycles. The van der Waals surface area contributed by atoms with E-state index in [9.17, 15) is 15.4 Å². The molecule has 7 heteroatoms. The summed E-state index contributed by atoms with van der Waals surface area (Å²) in [4.78, 5) is 10.5. The number of allylic oxidation sites excluding steroid dienone is 1. The van der Waals surface area contributed by atoms with Crippen LogP contribution >= 0.6 is 11.6 Å². The quantitative estimate of drug-likeness (QED) is 0.205. The third-order valence-electron chi connectivity index (χ3n) is 4.30. The van der Waals surface area contributed by atoms with E-state index in [0.717, 1.165) is 5.56 Å². The molecule has 0 aliphatic carbocycles. The van der Waals surface area contributed by atoms with Crippen molar-refractivity contribution in [2.75, 3.05) is 7.11 Å². The molecule has 150 valence electrons. The Morgan fingerprint density at radius 1 is 1.13 bits per heavy atom. The predicted octanol–water partition coefficient (Wildman–Crippen LogP) is 5.90. The van der Waals surface area contributed by atoms with Gasteiger partial charge in [-0.1, -0.05) is 48.0 Å². The van der Waals surface area contributed by atoms with Gasteiger partial charge in [-0.05, 0) is 35.4 Å². The van der Waals surface area contributed by atoms with E-state index < -0.39 is 4.92 Å². The van der Waals surface area contributed by atoms with Gasteiger partial charge >= 0.3 is 0 Å². The van der Waals surface area contributed by atoms with Crippen LogP contribution in [-0.2, 0) is 6.61 Å². The molecule has 0 unspecified atom stereocenters. The highest BCUT2D eigenvalue weighted by atomic mass is 35.5. The maximum Gasteiger partial charge on any atom is 0.269 e. The van der Waals surface area contributed by atoms with Gasteiger partial charge in [0.05, 0.1) is 23.7 Å². The Bertz CT molecular complexity index is 1150. The fourth-order valence-electron chi connectivity index (χ4n) is 2.83. The lowest BCUT2D eigenvalue weighted by atomic mass is 10.0. The second-order valence-corrected chi connectivity index (χ2v) is 6.68. The Morgan fingerprint density at radius 3 is 2.63 bits per heavy atom. The van der Waals surface area contributed by atoms with Crippen molar-refractivity contribution in [2.45, 2.75) is 6.61 Å². The first-order valence-electron chi connectivity index (χ1n) is 8.92. The van der Waals surface area contributed by atoms with Gasteiger partial charge in [-0.3, -0.25) is 10.1 Å². The van der Waals surface area contributed by atoms with Crippen LogP contribution in [0.3, 0.4) is 0 Å². The van der Waals surface area contributed by atoms with Gasteiger partial charge in [-0.2, -0.15) is 5.26 Å². The number of hydrogen-bond acceptors (Lipinski definition) is 5. The summed E-state index contributed by atoms with van der Waals surface area (Å²) in [5.74, 6) is 0.961. The van der Waals surface area contributed by atoms with Crippen molar-refractivity contribution in [2.24, 2.45) is 0 Å². The van der Waals surface area contributed by atoms with Gasteiger partial charge in [0.1, 0.15) is 6.61 Å². The molecule has 0 aliphatic rings. The first kappa shape index (κ1) is 20.9. The van der Waals surface area contributed by atoms with Crippen molar-refractivity contribution in [3.8, 4) is 17.6 Å². The first-order chi connectivity index (χ1) is 14.5. The van der Waals surface area contributed by atoms with Gasteiger partial charge in [0.15, 0.2) is 11.5 Å². The van der Waals surface area contributed by atoms with Crippen LogP contribution in [-0.4, -0.2) is 12.0 Å². The van der Waals surface area contributed by atoms with Crippen LogP contribution in [0.15, 0.2) is 66.7 Å². The van der Waals surface area contributed by atoms with Crippen LogP contribution in [0.1, 0.15) is 16.7 Å². The van der Waals surface area contributed by atoms with Crippen molar-refractivity contribution in [1.82, 2.24) is 0 Å². The van der Waals surface area contributed by atoms with Crippen LogP contribution < -0.4 is 9.47 Å². The lowest BCUT2D eigenvalue weighted by molar-refractivity contribution is -0.384. The number of hydrogen-bond donors (Lipinski definition) is 0. The van der Waals surface area contributed by atoms with Gasteiger partial charge in [0.2, 0.25) is 0 Å². The van der Waals surface area contributed by atoms with Gasteiger partial charge in [-0.15, -0.1) is 0 Å². The second kappa shape index (κ2) is 9.59. The molecule has 0 heterocycles. The number of ether oxygens (including phenoxy) is 2. The summed E-state index contributed by atoms with van der Waals surface area (Å²) in [6.07, 6.45) is 1.72. The van der Waals surface area contributed by atoms with Crippen LogP contribution in [0.4, 0.5) is 5.69 Å². The van der Waals surface area contributed by atoms with Crippen LogP contribution in [0.25, 0.3) is 11.6 Å². The molecule has 0 radical (unpaired) electrons. The molecule has 0 amide bonds. The molecule has 0 N–H and O–H groups in total. The van der Waals surface area contributed by atoms with E-state index in [1.54, 1.807) is 54.6 Å². The zero-order valence-electron chi connectivity index (χ0n) is 16.0. The highest BCUT2D eigenvalue weighted by Gasteiger charge is 2.10. The van der Waals surface area contributed by atoms with Gasteiger partial charge < -0.3 is 9.47 Å². The van der Waals surface area contributed by atoms with E-state index in [0.29, 0.717) is 33.2 Å². The van der Waals surface area contributed by atoms with Gasteiger partial charge in [0.25, 0.3) is 5.69 Å². The van der Waals surface area contributed by atoms with E-state index in [1.165, 1.54) is 19.2 Å². The molecule has 3 rings (SSSR count). The van der Waals surface area contributed by atoms with E-state index in [1.807, 2.05) is 6.07 Å². The maximum atomic E-state index is 10.9. The first-order valence-corrected chi connectivity index (χ1v) is 9.30. The number of non-ortho nitro benzene ring substituents is 1. The Balaban J connectivity index is 1.83. The predicted molar refractivity (Wildman–Crippen MR) is 115 cm³/mol. The summed E-state index contributed by atoms with van der Waals surface area (Å²) in [6.45, 7) is 0.149. The maximum absolute atomic E-state index is 10.9. The largest absolute Gasteiger partial charge is 0.493 e. The Kier molecular flexibility index (Phi) is 6.68. The highest BCUT2D eigenvalue weighted by molar-refractivity contribution is 6.32.